The van der Waals surface area contributed by atoms with Crippen LogP contribution in [-0.4, -0.2) is 44.5 Å². The van der Waals surface area contributed by atoms with Crippen molar-refractivity contribution in [3.63, 3.8) is 0 Å². The smallest absolute Gasteiger partial charge is 0.233 e. The van der Waals surface area contributed by atoms with Crippen molar-refractivity contribution in [2.45, 2.75) is 37.3 Å². The Kier molecular flexibility index (Phi) is 5.91. The summed E-state index contributed by atoms with van der Waals surface area (Å²) in [6.07, 6.45) is 4.77. The summed E-state index contributed by atoms with van der Waals surface area (Å²) < 4.78 is 15.1. The van der Waals surface area contributed by atoms with Gasteiger partial charge in [0, 0.05) is 19.5 Å². The lowest BCUT2D eigenvalue weighted by Crippen LogP contribution is -2.33. The van der Waals surface area contributed by atoms with Crippen LogP contribution in [0.5, 0.6) is 0 Å². The van der Waals surface area contributed by atoms with Crippen LogP contribution in [0.1, 0.15) is 37.1 Å². The molecule has 1 aromatic heterocycles. The predicted octanol–water partition coefficient (Wildman–Crippen LogP) is 2.22. The van der Waals surface area contributed by atoms with Gasteiger partial charge in [-0.25, -0.2) is 9.07 Å². The summed E-state index contributed by atoms with van der Waals surface area (Å²) in [5.41, 5.74) is 0.513. The molecule has 1 fully saturated rings. The quantitative estimate of drug-likeness (QED) is 0.651. The topological polar surface area (TPSA) is 77.0 Å². The van der Waals surface area contributed by atoms with Crippen molar-refractivity contribution >= 4 is 17.7 Å². The van der Waals surface area contributed by atoms with E-state index in [0.29, 0.717) is 16.5 Å². The standard InChI is InChI=1S/C17H22FN5OS/c18-14-8-4-3-7-13(14)11-15-20-21-17(23(15)19)25-12-16(24)22-9-5-1-2-6-10-22/h3-4,7-8H,1-2,5-6,9-12,19H2. The van der Waals surface area contributed by atoms with E-state index >= 15 is 0 Å². The third kappa shape index (κ3) is 4.50. The van der Waals surface area contributed by atoms with E-state index in [4.69, 9.17) is 5.84 Å². The lowest BCUT2D eigenvalue weighted by molar-refractivity contribution is -0.128. The second-order valence-electron chi connectivity index (χ2n) is 6.12. The Morgan fingerprint density at radius 2 is 1.88 bits per heavy atom. The molecule has 2 N–H and O–H groups in total. The van der Waals surface area contributed by atoms with Gasteiger partial charge in [0.05, 0.1) is 5.75 Å². The summed E-state index contributed by atoms with van der Waals surface area (Å²) in [6.45, 7) is 1.65. The summed E-state index contributed by atoms with van der Waals surface area (Å²) in [5.74, 6) is 6.58. The number of aromatic nitrogens is 3. The Balaban J connectivity index is 1.59. The van der Waals surface area contributed by atoms with Crippen LogP contribution in [0, 0.1) is 5.82 Å². The van der Waals surface area contributed by atoms with Gasteiger partial charge in [0.1, 0.15) is 5.82 Å². The van der Waals surface area contributed by atoms with Crippen molar-refractivity contribution in [1.82, 2.24) is 19.8 Å². The van der Waals surface area contributed by atoms with Crippen molar-refractivity contribution in [2.24, 2.45) is 0 Å². The average molecular weight is 363 g/mol. The first-order valence-electron chi connectivity index (χ1n) is 8.48. The van der Waals surface area contributed by atoms with Crippen LogP contribution in [0.2, 0.25) is 0 Å². The molecule has 1 saturated heterocycles. The summed E-state index contributed by atoms with van der Waals surface area (Å²) >= 11 is 1.27. The van der Waals surface area contributed by atoms with Crippen LogP contribution in [0.4, 0.5) is 4.39 Å². The van der Waals surface area contributed by atoms with Crippen LogP contribution in [-0.2, 0) is 11.2 Å². The largest absolute Gasteiger partial charge is 0.342 e. The number of nitrogens with two attached hydrogens (primary N) is 1. The molecule has 0 saturated carbocycles. The minimum Gasteiger partial charge on any atom is -0.342 e. The molecule has 25 heavy (non-hydrogen) atoms. The zero-order valence-electron chi connectivity index (χ0n) is 14.0. The molecule has 2 heterocycles. The van der Waals surface area contributed by atoms with Gasteiger partial charge in [-0.05, 0) is 24.5 Å². The van der Waals surface area contributed by atoms with Gasteiger partial charge < -0.3 is 10.7 Å². The predicted molar refractivity (Wildman–Crippen MR) is 95.2 cm³/mol. The minimum absolute atomic E-state index is 0.102. The number of benzene rings is 1. The molecule has 0 radical (unpaired) electrons. The molecule has 0 atom stereocenters. The van der Waals surface area contributed by atoms with Gasteiger partial charge in [0.2, 0.25) is 11.1 Å². The summed E-state index contributed by atoms with van der Waals surface area (Å²) in [7, 11) is 0. The molecule has 1 aliphatic heterocycles. The molecule has 0 spiro atoms. The first kappa shape index (κ1) is 17.7. The van der Waals surface area contributed by atoms with E-state index in [2.05, 4.69) is 10.2 Å². The molecule has 134 valence electrons. The first-order valence-corrected chi connectivity index (χ1v) is 9.47. The van der Waals surface area contributed by atoms with E-state index in [1.807, 2.05) is 4.90 Å². The number of hydrogen-bond donors (Lipinski definition) is 1. The molecule has 1 aliphatic rings. The Hall–Kier alpha value is -2.09. The molecule has 3 rings (SSSR count). The van der Waals surface area contributed by atoms with Gasteiger partial charge in [0.15, 0.2) is 5.82 Å². The average Bonchev–Trinajstić information content (AvgIpc) is 2.81. The number of rotatable bonds is 5. The maximum atomic E-state index is 13.8. The number of carbonyl (C=O) groups is 1. The molecule has 8 heteroatoms. The molecule has 2 aromatic rings. The van der Waals surface area contributed by atoms with Crippen LogP contribution >= 0.6 is 11.8 Å². The third-order valence-electron chi connectivity index (χ3n) is 4.33. The van der Waals surface area contributed by atoms with Crippen LogP contribution in [0.3, 0.4) is 0 Å². The SMILES string of the molecule is Nn1c(Cc2ccccc2F)nnc1SCC(=O)N1CCCCCC1. The highest BCUT2D eigenvalue weighted by atomic mass is 32.2. The second kappa shape index (κ2) is 8.33. The molecule has 0 unspecified atom stereocenters. The number of amides is 1. The van der Waals surface area contributed by atoms with E-state index in [-0.39, 0.29) is 23.9 Å². The summed E-state index contributed by atoms with van der Waals surface area (Å²) in [4.78, 5) is 14.2. The maximum Gasteiger partial charge on any atom is 0.233 e. The zero-order valence-corrected chi connectivity index (χ0v) is 14.8. The minimum atomic E-state index is -0.295. The molecular weight excluding hydrogens is 341 g/mol. The molecule has 1 aromatic carbocycles. The lowest BCUT2D eigenvalue weighted by atomic mass is 10.1. The molecule has 0 aliphatic carbocycles. The normalized spacial score (nSPS) is 15.2. The van der Waals surface area contributed by atoms with Gasteiger partial charge >= 0.3 is 0 Å². The Morgan fingerprint density at radius 1 is 1.16 bits per heavy atom. The maximum absolute atomic E-state index is 13.8. The van der Waals surface area contributed by atoms with Crippen molar-refractivity contribution in [3.05, 3.63) is 41.5 Å². The van der Waals surface area contributed by atoms with E-state index in [1.54, 1.807) is 18.2 Å². The van der Waals surface area contributed by atoms with Gasteiger partial charge in [-0.3, -0.25) is 4.79 Å². The van der Waals surface area contributed by atoms with Crippen molar-refractivity contribution in [2.75, 3.05) is 24.7 Å². The number of nitrogen functional groups attached to an aromatic ring is 1. The summed E-state index contributed by atoms with van der Waals surface area (Å²) in [6, 6.07) is 6.51. The number of thioether (sulfide) groups is 1. The van der Waals surface area contributed by atoms with Crippen molar-refractivity contribution in [3.8, 4) is 0 Å². The van der Waals surface area contributed by atoms with Gasteiger partial charge in [0.25, 0.3) is 0 Å². The van der Waals surface area contributed by atoms with Crippen LogP contribution < -0.4 is 5.84 Å². The number of carbonyl (C=O) groups excluding carboxylic acids is 1. The van der Waals surface area contributed by atoms with Gasteiger partial charge in [-0.1, -0.05) is 42.8 Å². The lowest BCUT2D eigenvalue weighted by Gasteiger charge is -2.19. The first-order chi connectivity index (χ1) is 12.1. The Labute approximate surface area is 150 Å². The highest BCUT2D eigenvalue weighted by Gasteiger charge is 2.18. The van der Waals surface area contributed by atoms with E-state index < -0.39 is 0 Å². The number of halogens is 1. The fourth-order valence-electron chi connectivity index (χ4n) is 2.88. The summed E-state index contributed by atoms with van der Waals surface area (Å²) in [5, 5.41) is 8.54. The third-order valence-corrected chi connectivity index (χ3v) is 5.25. The Morgan fingerprint density at radius 3 is 2.60 bits per heavy atom. The van der Waals surface area contributed by atoms with Crippen LogP contribution in [0.25, 0.3) is 0 Å². The number of likely N-dealkylation sites (tertiary alicyclic amines) is 1. The Bertz CT molecular complexity index is 728. The second-order valence-corrected chi connectivity index (χ2v) is 7.06. The van der Waals surface area contributed by atoms with Crippen molar-refractivity contribution < 1.29 is 9.18 Å². The van der Waals surface area contributed by atoms with E-state index in [0.717, 1.165) is 25.9 Å². The van der Waals surface area contributed by atoms with Crippen LogP contribution in [0.15, 0.2) is 29.4 Å². The van der Waals surface area contributed by atoms with E-state index in [1.165, 1.54) is 35.3 Å². The van der Waals surface area contributed by atoms with E-state index in [9.17, 15) is 9.18 Å². The highest BCUT2D eigenvalue weighted by Crippen LogP contribution is 2.19. The zero-order chi connectivity index (χ0) is 17.6. The van der Waals surface area contributed by atoms with Gasteiger partial charge in [-0.15, -0.1) is 10.2 Å². The molecule has 0 bridgehead atoms. The highest BCUT2D eigenvalue weighted by molar-refractivity contribution is 7.99. The molecular formula is C17H22FN5OS. The fraction of sp³-hybridized carbons (Fsp3) is 0.471. The fourth-order valence-corrected chi connectivity index (χ4v) is 3.65. The number of nitrogens with zero attached hydrogens (tertiary/aromatic N) is 4. The molecule has 1 amide bonds. The monoisotopic (exact) mass is 363 g/mol. The van der Waals surface area contributed by atoms with Gasteiger partial charge in [-0.2, -0.15) is 0 Å². The molecule has 6 nitrogen and oxygen atoms in total. The number of hydrogen-bond acceptors (Lipinski definition) is 5. The van der Waals surface area contributed by atoms with Crippen molar-refractivity contribution in [1.29, 1.82) is 0 Å².